The standard InChI is InChI=1S/C16H29N3O2/c1-14(20)18-8-5-9-19(11-10-18)15(21)12-16(13-17)6-3-2-4-7-16/h2-13,17H2,1H3. The number of hydrogen-bond acceptors (Lipinski definition) is 3. The highest BCUT2D eigenvalue weighted by Crippen LogP contribution is 2.38. The van der Waals surface area contributed by atoms with Crippen LogP contribution in [0.1, 0.15) is 51.9 Å². The Kier molecular flexibility index (Phi) is 5.62. The Bertz CT molecular complexity index is 378. The maximum absolute atomic E-state index is 12.6. The summed E-state index contributed by atoms with van der Waals surface area (Å²) in [6.45, 7) is 5.08. The number of nitrogens with zero attached hydrogens (tertiary/aromatic N) is 2. The topological polar surface area (TPSA) is 66.6 Å². The van der Waals surface area contributed by atoms with Gasteiger partial charge < -0.3 is 15.5 Å². The van der Waals surface area contributed by atoms with Gasteiger partial charge in [0, 0.05) is 39.5 Å². The van der Waals surface area contributed by atoms with E-state index in [1.165, 1.54) is 19.3 Å². The van der Waals surface area contributed by atoms with Crippen LogP contribution < -0.4 is 5.73 Å². The van der Waals surface area contributed by atoms with Gasteiger partial charge >= 0.3 is 0 Å². The van der Waals surface area contributed by atoms with E-state index in [2.05, 4.69) is 0 Å². The molecule has 0 spiro atoms. The average molecular weight is 295 g/mol. The van der Waals surface area contributed by atoms with Crippen LogP contribution in [0.15, 0.2) is 0 Å². The van der Waals surface area contributed by atoms with Crippen molar-refractivity contribution < 1.29 is 9.59 Å². The van der Waals surface area contributed by atoms with Gasteiger partial charge in [-0.05, 0) is 31.2 Å². The summed E-state index contributed by atoms with van der Waals surface area (Å²) in [5.41, 5.74) is 6.01. The van der Waals surface area contributed by atoms with E-state index in [-0.39, 0.29) is 17.2 Å². The van der Waals surface area contributed by atoms with Crippen LogP contribution in [0.2, 0.25) is 0 Å². The first kappa shape index (κ1) is 16.3. The fourth-order valence-electron chi connectivity index (χ4n) is 3.67. The molecule has 0 atom stereocenters. The number of nitrogens with two attached hydrogens (primary N) is 1. The summed E-state index contributed by atoms with van der Waals surface area (Å²) in [5.74, 6) is 0.336. The highest BCUT2D eigenvalue weighted by molar-refractivity contribution is 5.77. The number of hydrogen-bond donors (Lipinski definition) is 1. The predicted octanol–water partition coefficient (Wildman–Crippen LogP) is 1.37. The molecule has 2 rings (SSSR count). The normalized spacial score (nSPS) is 22.8. The first-order valence-corrected chi connectivity index (χ1v) is 8.30. The van der Waals surface area contributed by atoms with Crippen LogP contribution in [0.4, 0.5) is 0 Å². The Morgan fingerprint density at radius 3 is 2.19 bits per heavy atom. The third-order valence-electron chi connectivity index (χ3n) is 5.17. The van der Waals surface area contributed by atoms with Crippen molar-refractivity contribution in [2.45, 2.75) is 51.9 Å². The van der Waals surface area contributed by atoms with E-state index in [4.69, 9.17) is 5.73 Å². The zero-order chi connectivity index (χ0) is 15.3. The fraction of sp³-hybridized carbons (Fsp3) is 0.875. The monoisotopic (exact) mass is 295 g/mol. The van der Waals surface area contributed by atoms with Crippen molar-refractivity contribution in [1.29, 1.82) is 0 Å². The minimum absolute atomic E-state index is 0.0297. The van der Waals surface area contributed by atoms with Gasteiger partial charge in [-0.3, -0.25) is 9.59 Å². The minimum atomic E-state index is 0.0297. The molecule has 0 aromatic rings. The van der Waals surface area contributed by atoms with E-state index in [1.54, 1.807) is 6.92 Å². The molecule has 5 nitrogen and oxygen atoms in total. The van der Waals surface area contributed by atoms with Gasteiger partial charge in [-0.25, -0.2) is 0 Å². The molecule has 5 heteroatoms. The van der Waals surface area contributed by atoms with E-state index in [0.29, 0.717) is 26.1 Å². The third kappa shape index (κ3) is 4.19. The average Bonchev–Trinajstić information content (AvgIpc) is 2.74. The van der Waals surface area contributed by atoms with Gasteiger partial charge in [0.2, 0.25) is 11.8 Å². The maximum Gasteiger partial charge on any atom is 0.223 e. The van der Waals surface area contributed by atoms with Crippen LogP contribution in [-0.4, -0.2) is 54.3 Å². The highest BCUT2D eigenvalue weighted by atomic mass is 16.2. The van der Waals surface area contributed by atoms with Crippen LogP contribution in [-0.2, 0) is 9.59 Å². The van der Waals surface area contributed by atoms with Crippen LogP contribution in [0, 0.1) is 5.41 Å². The molecule has 0 aromatic carbocycles. The molecule has 1 saturated carbocycles. The Morgan fingerprint density at radius 1 is 0.952 bits per heavy atom. The minimum Gasteiger partial charge on any atom is -0.341 e. The molecule has 2 amide bonds. The molecule has 0 radical (unpaired) electrons. The summed E-state index contributed by atoms with van der Waals surface area (Å²) in [4.78, 5) is 27.9. The molecular formula is C16H29N3O2. The smallest absolute Gasteiger partial charge is 0.223 e. The van der Waals surface area contributed by atoms with Gasteiger partial charge in [0.25, 0.3) is 0 Å². The van der Waals surface area contributed by atoms with Gasteiger partial charge in [0.15, 0.2) is 0 Å². The summed E-state index contributed by atoms with van der Waals surface area (Å²) >= 11 is 0. The van der Waals surface area contributed by atoms with E-state index >= 15 is 0 Å². The summed E-state index contributed by atoms with van der Waals surface area (Å²) < 4.78 is 0. The van der Waals surface area contributed by atoms with Crippen molar-refractivity contribution in [3.05, 3.63) is 0 Å². The number of rotatable bonds is 3. The Hall–Kier alpha value is -1.10. The lowest BCUT2D eigenvalue weighted by Gasteiger charge is -2.37. The molecule has 1 saturated heterocycles. The first-order valence-electron chi connectivity index (χ1n) is 8.30. The fourth-order valence-corrected chi connectivity index (χ4v) is 3.67. The van der Waals surface area contributed by atoms with Crippen molar-refractivity contribution in [2.24, 2.45) is 11.1 Å². The van der Waals surface area contributed by atoms with E-state index < -0.39 is 0 Å². The summed E-state index contributed by atoms with van der Waals surface area (Å²) in [6.07, 6.45) is 7.30. The molecule has 0 aromatic heterocycles. The van der Waals surface area contributed by atoms with E-state index in [0.717, 1.165) is 32.4 Å². The molecule has 21 heavy (non-hydrogen) atoms. The highest BCUT2D eigenvalue weighted by Gasteiger charge is 2.34. The zero-order valence-corrected chi connectivity index (χ0v) is 13.3. The number of carbonyl (C=O) groups is 2. The molecular weight excluding hydrogens is 266 g/mol. The maximum atomic E-state index is 12.6. The van der Waals surface area contributed by atoms with Gasteiger partial charge in [-0.1, -0.05) is 19.3 Å². The van der Waals surface area contributed by atoms with E-state index in [1.807, 2.05) is 9.80 Å². The largest absolute Gasteiger partial charge is 0.341 e. The second-order valence-corrected chi connectivity index (χ2v) is 6.68. The first-order chi connectivity index (χ1) is 10.1. The lowest BCUT2D eigenvalue weighted by molar-refractivity contribution is -0.135. The van der Waals surface area contributed by atoms with Crippen LogP contribution in [0.3, 0.4) is 0 Å². The Labute approximate surface area is 127 Å². The zero-order valence-electron chi connectivity index (χ0n) is 13.3. The van der Waals surface area contributed by atoms with Gasteiger partial charge in [-0.15, -0.1) is 0 Å². The predicted molar refractivity (Wildman–Crippen MR) is 82.6 cm³/mol. The van der Waals surface area contributed by atoms with Gasteiger partial charge in [0.1, 0.15) is 0 Å². The molecule has 1 heterocycles. The molecule has 1 aliphatic heterocycles. The van der Waals surface area contributed by atoms with Crippen molar-refractivity contribution in [1.82, 2.24) is 9.80 Å². The van der Waals surface area contributed by atoms with Crippen LogP contribution in [0.25, 0.3) is 0 Å². The quantitative estimate of drug-likeness (QED) is 0.855. The third-order valence-corrected chi connectivity index (χ3v) is 5.17. The number of amides is 2. The van der Waals surface area contributed by atoms with Gasteiger partial charge in [0.05, 0.1) is 0 Å². The molecule has 120 valence electrons. The summed E-state index contributed by atoms with van der Waals surface area (Å²) in [6, 6.07) is 0. The van der Waals surface area contributed by atoms with Crippen molar-refractivity contribution >= 4 is 11.8 Å². The number of carbonyl (C=O) groups excluding carboxylic acids is 2. The van der Waals surface area contributed by atoms with Crippen LogP contribution in [0.5, 0.6) is 0 Å². The summed E-state index contributed by atoms with van der Waals surface area (Å²) in [5, 5.41) is 0. The van der Waals surface area contributed by atoms with Crippen molar-refractivity contribution in [3.8, 4) is 0 Å². The lowest BCUT2D eigenvalue weighted by Crippen LogP contribution is -2.42. The molecule has 1 aliphatic carbocycles. The van der Waals surface area contributed by atoms with E-state index in [9.17, 15) is 9.59 Å². The Balaban J connectivity index is 1.91. The summed E-state index contributed by atoms with van der Waals surface area (Å²) in [7, 11) is 0. The second-order valence-electron chi connectivity index (χ2n) is 6.68. The molecule has 2 N–H and O–H groups in total. The second kappa shape index (κ2) is 7.25. The molecule has 2 aliphatic rings. The molecule has 0 unspecified atom stereocenters. The molecule has 2 fully saturated rings. The lowest BCUT2D eigenvalue weighted by atomic mass is 9.71. The van der Waals surface area contributed by atoms with Crippen molar-refractivity contribution in [2.75, 3.05) is 32.7 Å². The SMILES string of the molecule is CC(=O)N1CCCN(C(=O)CC2(CN)CCCCC2)CC1. The van der Waals surface area contributed by atoms with Crippen molar-refractivity contribution in [3.63, 3.8) is 0 Å². The van der Waals surface area contributed by atoms with Gasteiger partial charge in [-0.2, -0.15) is 0 Å². The Morgan fingerprint density at radius 2 is 1.57 bits per heavy atom. The van der Waals surface area contributed by atoms with Crippen LogP contribution >= 0.6 is 0 Å². The molecule has 0 bridgehead atoms.